The van der Waals surface area contributed by atoms with E-state index >= 15 is 0 Å². The molecule has 0 aliphatic carbocycles. The molecular weight excluding hydrogens is 222 g/mol. The van der Waals surface area contributed by atoms with Crippen molar-refractivity contribution < 1.29 is 4.42 Å². The molecule has 0 saturated carbocycles. The summed E-state index contributed by atoms with van der Waals surface area (Å²) in [7, 11) is 1.98. The maximum absolute atomic E-state index is 5.83. The number of likely N-dealkylation sites (N-methyl/N-ethyl adjacent to an activating group) is 1. The monoisotopic (exact) mass is 245 g/mol. The molecule has 0 unspecified atom stereocenters. The molecule has 0 bridgehead atoms. The lowest BCUT2D eigenvalue weighted by Crippen LogP contribution is -2.12. The highest BCUT2D eigenvalue weighted by Crippen LogP contribution is 2.33. The van der Waals surface area contributed by atoms with Crippen molar-refractivity contribution in [3.63, 3.8) is 0 Å². The number of hydrogen-bond acceptors (Lipinski definition) is 2. The molecular formula is C16H23NO. The van der Waals surface area contributed by atoms with Crippen LogP contribution < -0.4 is 5.32 Å². The maximum Gasteiger partial charge on any atom is 0.137 e. The highest BCUT2D eigenvalue weighted by Gasteiger charge is 2.20. The predicted molar refractivity (Wildman–Crippen MR) is 77.3 cm³/mol. The van der Waals surface area contributed by atoms with E-state index in [2.05, 4.69) is 45.1 Å². The van der Waals surface area contributed by atoms with E-state index in [1.807, 2.05) is 13.3 Å². The fourth-order valence-electron chi connectivity index (χ4n) is 2.34. The fraction of sp³-hybridized carbons (Fsp3) is 0.500. The summed E-state index contributed by atoms with van der Waals surface area (Å²) in [6.45, 7) is 9.84. The fourth-order valence-corrected chi connectivity index (χ4v) is 2.34. The summed E-state index contributed by atoms with van der Waals surface area (Å²) >= 11 is 0. The van der Waals surface area contributed by atoms with Crippen LogP contribution in [0.4, 0.5) is 0 Å². The van der Waals surface area contributed by atoms with Gasteiger partial charge >= 0.3 is 0 Å². The van der Waals surface area contributed by atoms with Crippen LogP contribution in [0.3, 0.4) is 0 Å². The molecule has 18 heavy (non-hydrogen) atoms. The van der Waals surface area contributed by atoms with Crippen LogP contribution in [0.15, 0.2) is 22.8 Å². The molecule has 1 aromatic heterocycles. The molecule has 0 spiro atoms. The van der Waals surface area contributed by atoms with Gasteiger partial charge in [-0.1, -0.05) is 26.8 Å². The van der Waals surface area contributed by atoms with E-state index in [1.165, 1.54) is 22.1 Å². The zero-order chi connectivity index (χ0) is 13.3. The van der Waals surface area contributed by atoms with Gasteiger partial charge in [-0.3, -0.25) is 0 Å². The van der Waals surface area contributed by atoms with Crippen LogP contribution in [0.1, 0.15) is 37.5 Å². The van der Waals surface area contributed by atoms with Gasteiger partial charge < -0.3 is 9.73 Å². The smallest absolute Gasteiger partial charge is 0.137 e. The van der Waals surface area contributed by atoms with Gasteiger partial charge in [0.05, 0.1) is 6.26 Å². The van der Waals surface area contributed by atoms with Crippen molar-refractivity contribution in [3.8, 4) is 0 Å². The highest BCUT2D eigenvalue weighted by molar-refractivity contribution is 5.85. The third-order valence-electron chi connectivity index (χ3n) is 3.35. The zero-order valence-electron chi connectivity index (χ0n) is 12.1. The van der Waals surface area contributed by atoms with E-state index in [-0.39, 0.29) is 5.41 Å². The minimum Gasteiger partial charge on any atom is -0.464 e. The Morgan fingerprint density at radius 3 is 2.56 bits per heavy atom. The molecule has 1 N–H and O–H groups in total. The van der Waals surface area contributed by atoms with Gasteiger partial charge in [0.1, 0.15) is 5.58 Å². The molecule has 0 aliphatic rings. The van der Waals surface area contributed by atoms with Crippen molar-refractivity contribution in [1.29, 1.82) is 0 Å². The number of benzene rings is 1. The van der Waals surface area contributed by atoms with Crippen molar-refractivity contribution in [3.05, 3.63) is 35.1 Å². The number of furan rings is 1. The molecule has 0 atom stereocenters. The van der Waals surface area contributed by atoms with Crippen LogP contribution in [0.5, 0.6) is 0 Å². The van der Waals surface area contributed by atoms with Crippen molar-refractivity contribution in [1.82, 2.24) is 5.32 Å². The maximum atomic E-state index is 5.83. The molecule has 0 radical (unpaired) electrons. The molecule has 0 amide bonds. The molecule has 2 aromatic rings. The van der Waals surface area contributed by atoms with Crippen molar-refractivity contribution in [2.75, 3.05) is 13.6 Å². The second kappa shape index (κ2) is 4.77. The largest absolute Gasteiger partial charge is 0.464 e. The zero-order valence-corrected chi connectivity index (χ0v) is 12.1. The number of fused-ring (bicyclic) bond motifs is 1. The summed E-state index contributed by atoms with van der Waals surface area (Å²) in [5.41, 5.74) is 5.07. The van der Waals surface area contributed by atoms with Crippen LogP contribution in [-0.4, -0.2) is 13.6 Å². The van der Waals surface area contributed by atoms with Crippen molar-refractivity contribution >= 4 is 11.0 Å². The SMILES string of the molecule is CNCCc1coc2c(C(C)(C)C)cc(C)cc12. The average molecular weight is 245 g/mol. The summed E-state index contributed by atoms with van der Waals surface area (Å²) in [5.74, 6) is 0. The molecule has 0 fully saturated rings. The van der Waals surface area contributed by atoms with Crippen LogP contribution in [0, 0.1) is 6.92 Å². The molecule has 1 heterocycles. The first kappa shape index (κ1) is 13.2. The Hall–Kier alpha value is -1.28. The first-order valence-corrected chi connectivity index (χ1v) is 6.59. The standard InChI is InChI=1S/C16H23NO/c1-11-8-13-12(6-7-17-5)10-18-15(13)14(9-11)16(2,3)4/h8-10,17H,6-7H2,1-5H3. The van der Waals surface area contributed by atoms with E-state index in [9.17, 15) is 0 Å². The Kier molecular flexibility index (Phi) is 3.49. The lowest BCUT2D eigenvalue weighted by molar-refractivity contribution is 0.556. The topological polar surface area (TPSA) is 25.2 Å². The number of aryl methyl sites for hydroxylation is 1. The number of rotatable bonds is 3. The van der Waals surface area contributed by atoms with Crippen LogP contribution in [0.25, 0.3) is 11.0 Å². The van der Waals surface area contributed by atoms with Gasteiger partial charge in [-0.25, -0.2) is 0 Å². The normalized spacial score (nSPS) is 12.3. The van der Waals surface area contributed by atoms with Crippen LogP contribution in [-0.2, 0) is 11.8 Å². The number of nitrogens with one attached hydrogen (secondary N) is 1. The van der Waals surface area contributed by atoms with Gasteiger partial charge in [-0.15, -0.1) is 0 Å². The third-order valence-corrected chi connectivity index (χ3v) is 3.35. The van der Waals surface area contributed by atoms with E-state index < -0.39 is 0 Å². The van der Waals surface area contributed by atoms with Gasteiger partial charge in [0.25, 0.3) is 0 Å². The summed E-state index contributed by atoms with van der Waals surface area (Å²) in [6.07, 6.45) is 2.92. The van der Waals surface area contributed by atoms with Crippen LogP contribution >= 0.6 is 0 Å². The van der Waals surface area contributed by atoms with Gasteiger partial charge in [0.2, 0.25) is 0 Å². The molecule has 1 aromatic carbocycles. The highest BCUT2D eigenvalue weighted by atomic mass is 16.3. The van der Waals surface area contributed by atoms with E-state index in [0.29, 0.717) is 0 Å². The van der Waals surface area contributed by atoms with Gasteiger partial charge in [0, 0.05) is 10.9 Å². The Bertz CT molecular complexity index is 546. The molecule has 2 rings (SSSR count). The average Bonchev–Trinajstić information content (AvgIpc) is 2.67. The van der Waals surface area contributed by atoms with Gasteiger partial charge in [0.15, 0.2) is 0 Å². The van der Waals surface area contributed by atoms with Crippen molar-refractivity contribution in [2.45, 2.75) is 39.5 Å². The molecule has 2 nitrogen and oxygen atoms in total. The second-order valence-corrected chi connectivity index (χ2v) is 6.05. The molecule has 98 valence electrons. The Morgan fingerprint density at radius 1 is 1.22 bits per heavy atom. The minimum atomic E-state index is 0.113. The van der Waals surface area contributed by atoms with E-state index in [4.69, 9.17) is 4.42 Å². The molecule has 2 heteroatoms. The van der Waals surface area contributed by atoms with Crippen molar-refractivity contribution in [2.24, 2.45) is 0 Å². The summed E-state index contributed by atoms with van der Waals surface area (Å²) in [4.78, 5) is 0. The first-order chi connectivity index (χ1) is 8.43. The van der Waals surface area contributed by atoms with Crippen LogP contribution in [0.2, 0.25) is 0 Å². The molecule has 0 saturated heterocycles. The van der Waals surface area contributed by atoms with Gasteiger partial charge in [-0.2, -0.15) is 0 Å². The second-order valence-electron chi connectivity index (χ2n) is 6.05. The minimum absolute atomic E-state index is 0.113. The number of hydrogen-bond donors (Lipinski definition) is 1. The Balaban J connectivity index is 2.58. The Morgan fingerprint density at radius 2 is 1.94 bits per heavy atom. The first-order valence-electron chi connectivity index (χ1n) is 6.59. The lowest BCUT2D eigenvalue weighted by Gasteiger charge is -2.20. The summed E-state index contributed by atoms with van der Waals surface area (Å²) < 4.78 is 5.83. The predicted octanol–water partition coefficient (Wildman–Crippen LogP) is 3.80. The van der Waals surface area contributed by atoms with Gasteiger partial charge in [-0.05, 0) is 49.5 Å². The van der Waals surface area contributed by atoms with E-state index in [0.717, 1.165) is 18.5 Å². The quantitative estimate of drug-likeness (QED) is 0.889. The summed E-state index contributed by atoms with van der Waals surface area (Å²) in [5, 5.41) is 4.46. The third kappa shape index (κ3) is 2.44. The van der Waals surface area contributed by atoms with E-state index in [1.54, 1.807) is 0 Å². The molecule has 0 aliphatic heterocycles. The summed E-state index contributed by atoms with van der Waals surface area (Å²) in [6, 6.07) is 4.48. The lowest BCUT2D eigenvalue weighted by atomic mass is 9.84. The Labute approximate surface area is 109 Å².